The van der Waals surface area contributed by atoms with Crippen LogP contribution >= 0.6 is 0 Å². The van der Waals surface area contributed by atoms with Crippen molar-refractivity contribution in [2.45, 2.75) is 5.03 Å². The second-order valence-corrected chi connectivity index (χ2v) is 7.70. The Balaban J connectivity index is 2.05. The first-order valence-corrected chi connectivity index (χ1v) is 9.61. The molecule has 0 aliphatic rings. The molecule has 0 unspecified atom stereocenters. The highest BCUT2D eigenvalue weighted by Gasteiger charge is 2.18. The molecule has 0 radical (unpaired) electrons. The predicted molar refractivity (Wildman–Crippen MR) is 96.5 cm³/mol. The van der Waals surface area contributed by atoms with Crippen molar-refractivity contribution in [2.24, 2.45) is 5.73 Å². The normalized spacial score (nSPS) is 11.2. The van der Waals surface area contributed by atoms with E-state index in [4.69, 9.17) is 5.73 Å². The maximum atomic E-state index is 14.0. The maximum absolute atomic E-state index is 14.0. The molecule has 0 saturated heterocycles. The van der Waals surface area contributed by atoms with E-state index in [1.54, 1.807) is 0 Å². The van der Waals surface area contributed by atoms with Gasteiger partial charge in [-0.25, -0.2) is 22.2 Å². The van der Waals surface area contributed by atoms with Crippen molar-refractivity contribution in [3.8, 4) is 11.3 Å². The van der Waals surface area contributed by atoms with E-state index in [-0.39, 0.29) is 22.1 Å². The minimum Gasteiger partial charge on any atom is -0.364 e. The fourth-order valence-corrected chi connectivity index (χ4v) is 2.92. The molecule has 1 amide bonds. The van der Waals surface area contributed by atoms with Crippen molar-refractivity contribution in [2.75, 3.05) is 11.6 Å². The summed E-state index contributed by atoms with van der Waals surface area (Å²) in [7, 11) is -3.49. The predicted octanol–water partition coefficient (Wildman–Crippen LogP) is 2.06. The van der Waals surface area contributed by atoms with Gasteiger partial charge < -0.3 is 11.1 Å². The third-order valence-electron chi connectivity index (χ3n) is 3.64. The summed E-state index contributed by atoms with van der Waals surface area (Å²) in [5, 5.41) is 9.96. The summed E-state index contributed by atoms with van der Waals surface area (Å²) in [5.41, 5.74) is 4.74. The van der Waals surface area contributed by atoms with Crippen molar-refractivity contribution >= 4 is 27.1 Å². The summed E-state index contributed by atoms with van der Waals surface area (Å²) in [6.07, 6.45) is 2.22. The number of aromatic nitrogens is 3. The van der Waals surface area contributed by atoms with Gasteiger partial charge in [0, 0.05) is 6.26 Å². The van der Waals surface area contributed by atoms with Crippen LogP contribution in [0, 0.1) is 11.6 Å². The second kappa shape index (κ2) is 7.27. The molecule has 0 aliphatic carbocycles. The quantitative estimate of drug-likeness (QED) is 0.665. The molecule has 11 heteroatoms. The molecule has 0 saturated carbocycles. The molecule has 3 aromatic rings. The first-order chi connectivity index (χ1) is 13.2. The highest BCUT2D eigenvalue weighted by molar-refractivity contribution is 7.90. The smallest absolute Gasteiger partial charge is 0.271 e. The lowest BCUT2D eigenvalue weighted by atomic mass is 10.1. The SMILES string of the molecule is CS(=O)(=O)c1ccc(Nc2cc(-c3c(F)cccc3F)nnc2C(N)=O)cn1. The molecule has 1 aromatic carbocycles. The molecular weight excluding hydrogens is 392 g/mol. The van der Waals surface area contributed by atoms with Crippen molar-refractivity contribution in [3.05, 3.63) is 59.9 Å². The number of hydrogen-bond donors (Lipinski definition) is 2. The van der Waals surface area contributed by atoms with E-state index in [9.17, 15) is 22.0 Å². The molecule has 2 heterocycles. The third kappa shape index (κ3) is 3.93. The summed E-state index contributed by atoms with van der Waals surface area (Å²) in [4.78, 5) is 15.4. The van der Waals surface area contributed by atoms with Crippen LogP contribution < -0.4 is 11.1 Å². The minimum absolute atomic E-state index is 0.0223. The third-order valence-corrected chi connectivity index (χ3v) is 4.64. The highest BCUT2D eigenvalue weighted by atomic mass is 32.2. The van der Waals surface area contributed by atoms with Gasteiger partial charge in [0.15, 0.2) is 20.6 Å². The van der Waals surface area contributed by atoms with E-state index < -0.39 is 32.9 Å². The Morgan fingerprint density at radius 1 is 1.11 bits per heavy atom. The molecule has 0 bridgehead atoms. The number of rotatable bonds is 5. The van der Waals surface area contributed by atoms with Gasteiger partial charge >= 0.3 is 0 Å². The van der Waals surface area contributed by atoms with Gasteiger partial charge in [-0.15, -0.1) is 10.2 Å². The highest BCUT2D eigenvalue weighted by Crippen LogP contribution is 2.28. The number of primary amides is 1. The van der Waals surface area contributed by atoms with E-state index in [2.05, 4.69) is 20.5 Å². The lowest BCUT2D eigenvalue weighted by Crippen LogP contribution is -2.17. The fraction of sp³-hybridized carbons (Fsp3) is 0.0588. The summed E-state index contributed by atoms with van der Waals surface area (Å²) >= 11 is 0. The average Bonchev–Trinajstić information content (AvgIpc) is 2.61. The monoisotopic (exact) mass is 405 g/mol. The van der Waals surface area contributed by atoms with E-state index in [1.165, 1.54) is 30.5 Å². The van der Waals surface area contributed by atoms with E-state index in [0.29, 0.717) is 5.69 Å². The van der Waals surface area contributed by atoms with Crippen LogP contribution in [0.3, 0.4) is 0 Å². The van der Waals surface area contributed by atoms with Crippen molar-refractivity contribution in [3.63, 3.8) is 0 Å². The molecule has 3 N–H and O–H groups in total. The topological polar surface area (TPSA) is 128 Å². The second-order valence-electron chi connectivity index (χ2n) is 5.74. The molecular formula is C17H13F2N5O3S. The first-order valence-electron chi connectivity index (χ1n) is 7.72. The number of hydrogen-bond acceptors (Lipinski definition) is 7. The van der Waals surface area contributed by atoms with Crippen LogP contribution in [-0.4, -0.2) is 35.8 Å². The zero-order valence-electron chi connectivity index (χ0n) is 14.3. The minimum atomic E-state index is -3.49. The standard InChI is InChI=1S/C17H13F2N5O3S/c1-28(26,27)14-6-5-9(8-21-14)22-13-7-12(23-24-16(13)17(20)25)15-10(18)3-2-4-11(15)19/h2-8H,1H3,(H2,20,25)(H,22,23). The van der Waals surface area contributed by atoms with Crippen LogP contribution in [-0.2, 0) is 9.84 Å². The van der Waals surface area contributed by atoms with Crippen LogP contribution in [0.1, 0.15) is 10.5 Å². The van der Waals surface area contributed by atoms with Crippen LogP contribution in [0.5, 0.6) is 0 Å². The van der Waals surface area contributed by atoms with E-state index in [0.717, 1.165) is 18.4 Å². The van der Waals surface area contributed by atoms with Crippen LogP contribution in [0.25, 0.3) is 11.3 Å². The Morgan fingerprint density at radius 2 is 1.79 bits per heavy atom. The number of carbonyl (C=O) groups excluding carboxylic acids is 1. The lowest BCUT2D eigenvalue weighted by Gasteiger charge is -2.11. The number of benzene rings is 1. The molecule has 3 rings (SSSR count). The number of amides is 1. The molecule has 0 aliphatic heterocycles. The number of pyridine rings is 1. The lowest BCUT2D eigenvalue weighted by molar-refractivity contribution is 0.0995. The van der Waals surface area contributed by atoms with Gasteiger partial charge in [-0.05, 0) is 30.3 Å². The van der Waals surface area contributed by atoms with Gasteiger partial charge in [-0.1, -0.05) is 6.07 Å². The van der Waals surface area contributed by atoms with Crippen LogP contribution in [0.2, 0.25) is 0 Å². The van der Waals surface area contributed by atoms with Gasteiger partial charge in [-0.3, -0.25) is 4.79 Å². The number of nitrogens with two attached hydrogens (primary N) is 1. The fourth-order valence-electron chi connectivity index (χ4n) is 2.36. The maximum Gasteiger partial charge on any atom is 0.271 e. The summed E-state index contributed by atoms with van der Waals surface area (Å²) in [6, 6.07) is 7.18. The van der Waals surface area contributed by atoms with Crippen molar-refractivity contribution in [1.82, 2.24) is 15.2 Å². The first kappa shape index (κ1) is 19.3. The summed E-state index contributed by atoms with van der Waals surface area (Å²) in [6.45, 7) is 0. The number of halogens is 2. The number of nitrogens with zero attached hydrogens (tertiary/aromatic N) is 3. The van der Waals surface area contributed by atoms with Gasteiger partial charge in [0.25, 0.3) is 5.91 Å². The Hall–Kier alpha value is -3.47. The molecule has 144 valence electrons. The number of carbonyl (C=O) groups is 1. The number of nitrogens with one attached hydrogen (secondary N) is 1. The molecule has 0 fully saturated rings. The number of sulfone groups is 1. The molecule has 2 aromatic heterocycles. The van der Waals surface area contributed by atoms with Gasteiger partial charge in [-0.2, -0.15) is 0 Å². The Labute approximate surface area is 158 Å². The molecule has 0 atom stereocenters. The Bertz CT molecular complexity index is 1150. The largest absolute Gasteiger partial charge is 0.364 e. The van der Waals surface area contributed by atoms with Crippen molar-refractivity contribution in [1.29, 1.82) is 0 Å². The van der Waals surface area contributed by atoms with Crippen LogP contribution in [0.15, 0.2) is 47.6 Å². The molecule has 0 spiro atoms. The van der Waals surface area contributed by atoms with E-state index in [1.807, 2.05) is 0 Å². The van der Waals surface area contributed by atoms with E-state index >= 15 is 0 Å². The van der Waals surface area contributed by atoms with Gasteiger partial charge in [0.1, 0.15) is 17.3 Å². The van der Waals surface area contributed by atoms with Gasteiger partial charge in [0.2, 0.25) is 0 Å². The molecule has 8 nitrogen and oxygen atoms in total. The zero-order valence-corrected chi connectivity index (χ0v) is 15.2. The summed E-state index contributed by atoms with van der Waals surface area (Å²) in [5.74, 6) is -2.63. The Morgan fingerprint density at radius 3 is 2.32 bits per heavy atom. The molecule has 28 heavy (non-hydrogen) atoms. The van der Waals surface area contributed by atoms with Crippen molar-refractivity contribution < 1.29 is 22.0 Å². The zero-order chi connectivity index (χ0) is 20.5. The number of anilines is 2. The van der Waals surface area contributed by atoms with Crippen LogP contribution in [0.4, 0.5) is 20.2 Å². The average molecular weight is 405 g/mol. The van der Waals surface area contributed by atoms with Gasteiger partial charge in [0.05, 0.1) is 23.1 Å². The Kier molecular flexibility index (Phi) is 5.01. The summed E-state index contributed by atoms with van der Waals surface area (Å²) < 4.78 is 51.0.